The van der Waals surface area contributed by atoms with E-state index in [0.29, 0.717) is 21.8 Å². The van der Waals surface area contributed by atoms with Crippen molar-refractivity contribution in [3.63, 3.8) is 0 Å². The molecule has 0 fully saturated rings. The predicted octanol–water partition coefficient (Wildman–Crippen LogP) is 2.23. The zero-order valence-electron chi connectivity index (χ0n) is 13.7. The van der Waals surface area contributed by atoms with Crippen molar-refractivity contribution in [3.8, 4) is 5.75 Å². The van der Waals surface area contributed by atoms with Gasteiger partial charge in [-0.25, -0.2) is 4.68 Å². The van der Waals surface area contributed by atoms with Gasteiger partial charge < -0.3 is 15.9 Å². The molecule has 0 atom stereocenters. The van der Waals surface area contributed by atoms with E-state index in [9.17, 15) is 4.79 Å². The summed E-state index contributed by atoms with van der Waals surface area (Å²) in [6.07, 6.45) is 0. The zero-order chi connectivity index (χ0) is 17.7. The van der Waals surface area contributed by atoms with Gasteiger partial charge in [0.1, 0.15) is 12.4 Å². The number of hydrogen-bond donors (Lipinski definition) is 2. The summed E-state index contributed by atoms with van der Waals surface area (Å²) in [5, 5.41) is 11.9. The summed E-state index contributed by atoms with van der Waals surface area (Å²) in [5.41, 5.74) is -0.272. The maximum absolute atomic E-state index is 11.8. The first-order valence-corrected chi connectivity index (χ1v) is 8.62. The standard InChI is InChI=1S/C15H20ClN5O2S/c1-15(2,3)18-13(22)9-24-14-20-19-12(21(14)17)8-23-11-6-4-10(16)5-7-11/h4-7H,8-9,17H2,1-3H3,(H,18,22). The van der Waals surface area contributed by atoms with Crippen LogP contribution in [0.3, 0.4) is 0 Å². The Morgan fingerprint density at radius 3 is 2.62 bits per heavy atom. The molecule has 1 amide bonds. The largest absolute Gasteiger partial charge is 0.486 e. The van der Waals surface area contributed by atoms with Crippen molar-refractivity contribution in [2.24, 2.45) is 0 Å². The average molecular weight is 370 g/mol. The average Bonchev–Trinajstić information content (AvgIpc) is 2.83. The maximum atomic E-state index is 11.8. The molecule has 0 aliphatic rings. The molecule has 1 aromatic carbocycles. The topological polar surface area (TPSA) is 95.1 Å². The van der Waals surface area contributed by atoms with Gasteiger partial charge in [-0.2, -0.15) is 0 Å². The lowest BCUT2D eigenvalue weighted by Crippen LogP contribution is -2.41. The summed E-state index contributed by atoms with van der Waals surface area (Å²) in [4.78, 5) is 11.8. The number of carbonyl (C=O) groups is 1. The molecule has 0 unspecified atom stereocenters. The third-order valence-electron chi connectivity index (χ3n) is 2.76. The SMILES string of the molecule is CC(C)(C)NC(=O)CSc1nnc(COc2ccc(Cl)cc2)n1N. The van der Waals surface area contributed by atoms with Crippen LogP contribution in [0.4, 0.5) is 0 Å². The molecule has 0 radical (unpaired) electrons. The molecule has 0 saturated carbocycles. The van der Waals surface area contributed by atoms with Gasteiger partial charge in [0.2, 0.25) is 11.1 Å². The summed E-state index contributed by atoms with van der Waals surface area (Å²) in [6, 6.07) is 6.98. The normalized spacial score (nSPS) is 11.3. The number of nitrogen functional groups attached to an aromatic ring is 1. The minimum absolute atomic E-state index is 0.0885. The highest BCUT2D eigenvalue weighted by Gasteiger charge is 2.16. The Morgan fingerprint density at radius 1 is 1.33 bits per heavy atom. The number of aromatic nitrogens is 3. The molecule has 0 bridgehead atoms. The number of nitrogens with zero attached hydrogens (tertiary/aromatic N) is 3. The molecule has 9 heteroatoms. The molecule has 7 nitrogen and oxygen atoms in total. The minimum atomic E-state index is -0.272. The fourth-order valence-corrected chi connectivity index (χ4v) is 2.57. The minimum Gasteiger partial charge on any atom is -0.486 e. The fourth-order valence-electron chi connectivity index (χ4n) is 1.77. The lowest BCUT2D eigenvalue weighted by Gasteiger charge is -2.20. The van der Waals surface area contributed by atoms with Crippen LogP contribution in [-0.2, 0) is 11.4 Å². The monoisotopic (exact) mass is 369 g/mol. The van der Waals surface area contributed by atoms with Crippen LogP contribution in [0.25, 0.3) is 0 Å². The number of nitrogens with two attached hydrogens (primary N) is 1. The molecular weight excluding hydrogens is 350 g/mol. The van der Waals surface area contributed by atoms with Gasteiger partial charge in [0.25, 0.3) is 0 Å². The van der Waals surface area contributed by atoms with Crippen LogP contribution in [0, 0.1) is 0 Å². The van der Waals surface area contributed by atoms with E-state index in [4.69, 9.17) is 22.2 Å². The summed E-state index contributed by atoms with van der Waals surface area (Å²) < 4.78 is 6.91. The number of rotatable bonds is 6. The summed E-state index contributed by atoms with van der Waals surface area (Å²) in [6.45, 7) is 5.94. The highest BCUT2D eigenvalue weighted by atomic mass is 35.5. The molecule has 0 aliphatic heterocycles. The first-order valence-electron chi connectivity index (χ1n) is 7.26. The van der Waals surface area contributed by atoms with Crippen molar-refractivity contribution in [1.82, 2.24) is 20.2 Å². The molecule has 1 heterocycles. The van der Waals surface area contributed by atoms with Crippen LogP contribution < -0.4 is 15.9 Å². The molecule has 2 aromatic rings. The van der Waals surface area contributed by atoms with Crippen LogP contribution in [-0.4, -0.2) is 32.1 Å². The Bertz CT molecular complexity index is 697. The number of benzene rings is 1. The van der Waals surface area contributed by atoms with Crippen molar-refractivity contribution in [2.45, 2.75) is 38.1 Å². The summed E-state index contributed by atoms with van der Waals surface area (Å²) in [7, 11) is 0. The van der Waals surface area contributed by atoms with Crippen LogP contribution in [0.2, 0.25) is 5.02 Å². The number of nitrogens with one attached hydrogen (secondary N) is 1. The van der Waals surface area contributed by atoms with E-state index in [1.54, 1.807) is 24.3 Å². The van der Waals surface area contributed by atoms with Crippen molar-refractivity contribution in [1.29, 1.82) is 0 Å². The molecule has 0 aliphatic carbocycles. The van der Waals surface area contributed by atoms with Crippen LogP contribution >= 0.6 is 23.4 Å². The first-order chi connectivity index (χ1) is 11.2. The van der Waals surface area contributed by atoms with Crippen molar-refractivity contribution in [3.05, 3.63) is 35.1 Å². The quantitative estimate of drug-likeness (QED) is 0.599. The van der Waals surface area contributed by atoms with Crippen molar-refractivity contribution in [2.75, 3.05) is 11.6 Å². The van der Waals surface area contributed by atoms with E-state index in [1.807, 2.05) is 20.8 Å². The Morgan fingerprint density at radius 2 is 2.00 bits per heavy atom. The molecular formula is C15H20ClN5O2S. The lowest BCUT2D eigenvalue weighted by atomic mass is 10.1. The van der Waals surface area contributed by atoms with Crippen LogP contribution in [0.5, 0.6) is 5.75 Å². The molecule has 1 aromatic heterocycles. The Hall–Kier alpha value is -1.93. The van der Waals surface area contributed by atoms with Crippen LogP contribution in [0.15, 0.2) is 29.4 Å². The van der Waals surface area contributed by atoms with Crippen molar-refractivity contribution < 1.29 is 9.53 Å². The molecule has 130 valence electrons. The Balaban J connectivity index is 1.88. The number of carbonyl (C=O) groups excluding carboxylic acids is 1. The van der Waals surface area contributed by atoms with Gasteiger partial charge in [-0.3, -0.25) is 4.79 Å². The highest BCUT2D eigenvalue weighted by molar-refractivity contribution is 7.99. The highest BCUT2D eigenvalue weighted by Crippen LogP contribution is 2.18. The third kappa shape index (κ3) is 5.61. The Kier molecular flexibility index (Phi) is 5.95. The van der Waals surface area contributed by atoms with Gasteiger partial charge in [0, 0.05) is 10.6 Å². The molecule has 3 N–H and O–H groups in total. The number of hydrogen-bond acceptors (Lipinski definition) is 6. The smallest absolute Gasteiger partial charge is 0.230 e. The third-order valence-corrected chi connectivity index (χ3v) is 3.96. The molecule has 2 rings (SSSR count). The van der Waals surface area contributed by atoms with E-state index in [1.165, 1.54) is 16.4 Å². The molecule has 0 spiro atoms. The zero-order valence-corrected chi connectivity index (χ0v) is 15.3. The lowest BCUT2D eigenvalue weighted by molar-refractivity contribution is -0.119. The van der Waals surface area contributed by atoms with Gasteiger partial charge >= 0.3 is 0 Å². The fraction of sp³-hybridized carbons (Fsp3) is 0.400. The Labute approximate surface area is 149 Å². The number of ether oxygens (including phenoxy) is 1. The first kappa shape index (κ1) is 18.4. The van der Waals surface area contributed by atoms with Gasteiger partial charge in [0.05, 0.1) is 5.75 Å². The number of amides is 1. The predicted molar refractivity (Wildman–Crippen MR) is 94.6 cm³/mol. The molecule has 24 heavy (non-hydrogen) atoms. The van der Waals surface area contributed by atoms with Gasteiger partial charge in [0.15, 0.2) is 5.82 Å². The van der Waals surface area contributed by atoms with Gasteiger partial charge in [-0.15, -0.1) is 10.2 Å². The number of thioether (sulfide) groups is 1. The van der Waals surface area contributed by atoms with E-state index < -0.39 is 0 Å². The van der Waals surface area contributed by atoms with Gasteiger partial charge in [-0.1, -0.05) is 23.4 Å². The maximum Gasteiger partial charge on any atom is 0.230 e. The van der Waals surface area contributed by atoms with Crippen molar-refractivity contribution >= 4 is 29.3 Å². The van der Waals surface area contributed by atoms with Crippen LogP contribution in [0.1, 0.15) is 26.6 Å². The summed E-state index contributed by atoms with van der Waals surface area (Å²) >= 11 is 7.04. The second kappa shape index (κ2) is 7.76. The second-order valence-corrected chi connectivity index (χ2v) is 7.48. The molecule has 0 saturated heterocycles. The van der Waals surface area contributed by atoms with E-state index in [2.05, 4.69) is 15.5 Å². The van der Waals surface area contributed by atoms with Gasteiger partial charge in [-0.05, 0) is 45.0 Å². The summed E-state index contributed by atoms with van der Waals surface area (Å²) in [5.74, 6) is 7.18. The van der Waals surface area contributed by atoms with E-state index >= 15 is 0 Å². The second-order valence-electron chi connectivity index (χ2n) is 6.10. The van der Waals surface area contributed by atoms with E-state index in [0.717, 1.165) is 0 Å². The van der Waals surface area contributed by atoms with E-state index in [-0.39, 0.29) is 23.8 Å². The number of halogens is 1.